The van der Waals surface area contributed by atoms with Gasteiger partial charge in [-0.15, -0.1) is 0 Å². The molecule has 0 spiro atoms. The van der Waals surface area contributed by atoms with Gasteiger partial charge in [0.25, 0.3) is 0 Å². The molecule has 0 saturated heterocycles. The van der Waals surface area contributed by atoms with E-state index in [4.69, 9.17) is 23.2 Å². The summed E-state index contributed by atoms with van der Waals surface area (Å²) in [5.74, 6) is -0.221. The predicted octanol–water partition coefficient (Wildman–Crippen LogP) is 5.11. The third-order valence-corrected chi connectivity index (χ3v) is 4.34. The van der Waals surface area contributed by atoms with Gasteiger partial charge >= 0.3 is 0 Å². The number of anilines is 2. The zero-order valence-electron chi connectivity index (χ0n) is 11.2. The molecule has 1 amide bonds. The maximum absolute atomic E-state index is 11.9. The van der Waals surface area contributed by atoms with E-state index in [-0.39, 0.29) is 12.5 Å². The second-order valence-electron chi connectivity index (χ2n) is 4.46. The molecular formula is C15H13BrCl2N2O. The van der Waals surface area contributed by atoms with Crippen molar-refractivity contribution in [3.8, 4) is 0 Å². The second kappa shape index (κ2) is 7.16. The summed E-state index contributed by atoms with van der Waals surface area (Å²) in [5.41, 5.74) is 2.42. The lowest BCUT2D eigenvalue weighted by molar-refractivity contribution is -0.114. The molecule has 0 aliphatic carbocycles. The summed E-state index contributed by atoms with van der Waals surface area (Å²) in [6.07, 6.45) is 0. The molecular weight excluding hydrogens is 375 g/mol. The van der Waals surface area contributed by atoms with E-state index in [0.717, 1.165) is 15.7 Å². The van der Waals surface area contributed by atoms with Crippen molar-refractivity contribution in [3.63, 3.8) is 0 Å². The van der Waals surface area contributed by atoms with Gasteiger partial charge in [-0.2, -0.15) is 0 Å². The quantitative estimate of drug-likeness (QED) is 0.764. The second-order valence-corrected chi connectivity index (χ2v) is 6.13. The molecule has 110 valence electrons. The van der Waals surface area contributed by atoms with Gasteiger partial charge in [0.15, 0.2) is 0 Å². The molecule has 2 aromatic carbocycles. The van der Waals surface area contributed by atoms with Crippen LogP contribution in [0.5, 0.6) is 0 Å². The number of amides is 1. The topological polar surface area (TPSA) is 41.1 Å². The average molecular weight is 388 g/mol. The zero-order chi connectivity index (χ0) is 15.4. The first-order chi connectivity index (χ1) is 9.97. The average Bonchev–Trinajstić information content (AvgIpc) is 2.44. The minimum atomic E-state index is -0.221. The predicted molar refractivity (Wildman–Crippen MR) is 92.5 cm³/mol. The van der Waals surface area contributed by atoms with Gasteiger partial charge in [0.2, 0.25) is 5.91 Å². The van der Waals surface area contributed by atoms with Gasteiger partial charge in [-0.25, -0.2) is 0 Å². The lowest BCUT2D eigenvalue weighted by Crippen LogP contribution is -2.22. The summed E-state index contributed by atoms with van der Waals surface area (Å²) >= 11 is 15.5. The summed E-state index contributed by atoms with van der Waals surface area (Å²) in [5, 5.41) is 6.56. The van der Waals surface area contributed by atoms with Crippen molar-refractivity contribution in [2.75, 3.05) is 17.2 Å². The molecule has 0 fully saturated rings. The van der Waals surface area contributed by atoms with E-state index >= 15 is 0 Å². The van der Waals surface area contributed by atoms with Gasteiger partial charge in [0.05, 0.1) is 22.3 Å². The standard InChI is InChI=1S/C15H13BrCl2N2O/c1-9-5-6-10(7-11(9)16)19-8-14(21)20-15-12(17)3-2-4-13(15)18/h2-7,19H,8H2,1H3,(H,20,21). The van der Waals surface area contributed by atoms with E-state index in [2.05, 4.69) is 26.6 Å². The number of rotatable bonds is 4. The highest BCUT2D eigenvalue weighted by molar-refractivity contribution is 9.10. The smallest absolute Gasteiger partial charge is 0.243 e. The third-order valence-electron chi connectivity index (χ3n) is 2.85. The van der Waals surface area contributed by atoms with Crippen LogP contribution in [0.3, 0.4) is 0 Å². The van der Waals surface area contributed by atoms with Crippen molar-refractivity contribution in [3.05, 3.63) is 56.5 Å². The largest absolute Gasteiger partial charge is 0.376 e. The molecule has 0 aliphatic heterocycles. The number of halogens is 3. The van der Waals surface area contributed by atoms with Gasteiger partial charge in [0.1, 0.15) is 0 Å². The number of carbonyl (C=O) groups is 1. The van der Waals surface area contributed by atoms with Gasteiger partial charge in [-0.05, 0) is 36.8 Å². The van der Waals surface area contributed by atoms with E-state index in [1.807, 2.05) is 25.1 Å². The summed E-state index contributed by atoms with van der Waals surface area (Å²) in [6.45, 7) is 2.12. The van der Waals surface area contributed by atoms with Crippen LogP contribution in [-0.4, -0.2) is 12.5 Å². The normalized spacial score (nSPS) is 10.3. The highest BCUT2D eigenvalue weighted by atomic mass is 79.9. The first-order valence-electron chi connectivity index (χ1n) is 6.21. The van der Waals surface area contributed by atoms with E-state index < -0.39 is 0 Å². The molecule has 2 rings (SSSR count). The Labute approximate surface area is 141 Å². The molecule has 0 saturated carbocycles. The molecule has 6 heteroatoms. The number of para-hydroxylation sites is 1. The van der Waals surface area contributed by atoms with Crippen LogP contribution in [0, 0.1) is 6.92 Å². The fraction of sp³-hybridized carbons (Fsp3) is 0.133. The maximum atomic E-state index is 11.9. The summed E-state index contributed by atoms with van der Waals surface area (Å²) in [7, 11) is 0. The molecule has 0 heterocycles. The van der Waals surface area contributed by atoms with Crippen molar-refractivity contribution in [2.24, 2.45) is 0 Å². The Morgan fingerprint density at radius 2 is 1.86 bits per heavy atom. The Bertz CT molecular complexity index is 656. The number of benzene rings is 2. The van der Waals surface area contributed by atoms with Crippen molar-refractivity contribution < 1.29 is 4.79 Å². The van der Waals surface area contributed by atoms with E-state index in [1.165, 1.54) is 0 Å². The molecule has 2 N–H and O–H groups in total. The van der Waals surface area contributed by atoms with E-state index in [1.54, 1.807) is 18.2 Å². The number of carbonyl (C=O) groups excluding carboxylic acids is 1. The fourth-order valence-electron chi connectivity index (χ4n) is 1.69. The lowest BCUT2D eigenvalue weighted by Gasteiger charge is -2.11. The van der Waals surface area contributed by atoms with E-state index in [9.17, 15) is 4.79 Å². The van der Waals surface area contributed by atoms with Crippen LogP contribution in [0.15, 0.2) is 40.9 Å². The zero-order valence-corrected chi connectivity index (χ0v) is 14.3. The van der Waals surface area contributed by atoms with Crippen LogP contribution >= 0.6 is 39.1 Å². The molecule has 0 aliphatic rings. The van der Waals surface area contributed by atoms with Crippen molar-refractivity contribution >= 4 is 56.4 Å². The number of hydrogen-bond acceptors (Lipinski definition) is 2. The highest BCUT2D eigenvalue weighted by Gasteiger charge is 2.09. The summed E-state index contributed by atoms with van der Waals surface area (Å²) in [4.78, 5) is 11.9. The number of aryl methyl sites for hydroxylation is 1. The van der Waals surface area contributed by atoms with Crippen molar-refractivity contribution in [1.29, 1.82) is 0 Å². The molecule has 3 nitrogen and oxygen atoms in total. The Morgan fingerprint density at radius 1 is 1.19 bits per heavy atom. The van der Waals surface area contributed by atoms with Crippen LogP contribution < -0.4 is 10.6 Å². The minimum absolute atomic E-state index is 0.122. The van der Waals surface area contributed by atoms with Crippen LogP contribution in [0.4, 0.5) is 11.4 Å². The summed E-state index contributed by atoms with van der Waals surface area (Å²) < 4.78 is 0.988. The van der Waals surface area contributed by atoms with Gasteiger partial charge in [0, 0.05) is 10.2 Å². The monoisotopic (exact) mass is 386 g/mol. The number of nitrogens with one attached hydrogen (secondary N) is 2. The lowest BCUT2D eigenvalue weighted by atomic mass is 10.2. The van der Waals surface area contributed by atoms with Crippen LogP contribution in [-0.2, 0) is 4.79 Å². The van der Waals surface area contributed by atoms with E-state index in [0.29, 0.717) is 15.7 Å². The fourth-order valence-corrected chi connectivity index (χ4v) is 2.56. The molecule has 0 radical (unpaired) electrons. The maximum Gasteiger partial charge on any atom is 0.243 e. The van der Waals surface area contributed by atoms with Gasteiger partial charge in [-0.3, -0.25) is 4.79 Å². The molecule has 0 aromatic heterocycles. The van der Waals surface area contributed by atoms with Crippen LogP contribution in [0.25, 0.3) is 0 Å². The molecule has 0 bridgehead atoms. The van der Waals surface area contributed by atoms with Gasteiger partial charge < -0.3 is 10.6 Å². The Morgan fingerprint density at radius 3 is 2.48 bits per heavy atom. The molecule has 21 heavy (non-hydrogen) atoms. The van der Waals surface area contributed by atoms with Crippen molar-refractivity contribution in [2.45, 2.75) is 6.92 Å². The first-order valence-corrected chi connectivity index (χ1v) is 7.76. The SMILES string of the molecule is Cc1ccc(NCC(=O)Nc2c(Cl)cccc2Cl)cc1Br. The summed E-state index contributed by atoms with van der Waals surface area (Å²) in [6, 6.07) is 10.9. The van der Waals surface area contributed by atoms with Gasteiger partial charge in [-0.1, -0.05) is 51.3 Å². The number of hydrogen-bond donors (Lipinski definition) is 2. The Hall–Kier alpha value is -1.23. The van der Waals surface area contributed by atoms with Crippen LogP contribution in [0.2, 0.25) is 10.0 Å². The minimum Gasteiger partial charge on any atom is -0.376 e. The van der Waals surface area contributed by atoms with Crippen LogP contribution in [0.1, 0.15) is 5.56 Å². The van der Waals surface area contributed by atoms with Crippen molar-refractivity contribution in [1.82, 2.24) is 0 Å². The highest BCUT2D eigenvalue weighted by Crippen LogP contribution is 2.29. The molecule has 0 atom stereocenters. The Balaban J connectivity index is 1.97. The first kappa shape index (κ1) is 16.1. The third kappa shape index (κ3) is 4.37. The molecule has 2 aromatic rings. The molecule has 0 unspecified atom stereocenters. The Kier molecular flexibility index (Phi) is 5.51.